The molecule has 4 heteroatoms. The lowest BCUT2D eigenvalue weighted by Gasteiger charge is -2.17. The van der Waals surface area contributed by atoms with Crippen molar-refractivity contribution in [1.82, 2.24) is 4.98 Å². The maximum atomic E-state index is 11.4. The van der Waals surface area contributed by atoms with Crippen LogP contribution in [-0.4, -0.2) is 23.6 Å². The molecule has 17 heavy (non-hydrogen) atoms. The van der Waals surface area contributed by atoms with Crippen molar-refractivity contribution in [3.63, 3.8) is 0 Å². The molecule has 0 amide bonds. The average molecular weight is 236 g/mol. The van der Waals surface area contributed by atoms with Gasteiger partial charge in [0.25, 0.3) is 0 Å². The number of anilines is 1. The van der Waals surface area contributed by atoms with Gasteiger partial charge in [-0.2, -0.15) is 0 Å². The predicted octanol–water partition coefficient (Wildman–Crippen LogP) is 2.71. The van der Waals surface area contributed by atoms with Gasteiger partial charge in [0, 0.05) is 12.2 Å². The number of nitrogens with zero attached hydrogens (tertiary/aromatic N) is 1. The van der Waals surface area contributed by atoms with Crippen LogP contribution < -0.4 is 5.32 Å². The van der Waals surface area contributed by atoms with Crippen molar-refractivity contribution >= 4 is 11.8 Å². The van der Waals surface area contributed by atoms with Crippen molar-refractivity contribution < 1.29 is 9.53 Å². The van der Waals surface area contributed by atoms with E-state index in [0.717, 1.165) is 5.82 Å². The molecule has 1 N–H and O–H groups in total. The van der Waals surface area contributed by atoms with Gasteiger partial charge in [-0.3, -0.25) is 0 Å². The van der Waals surface area contributed by atoms with E-state index in [4.69, 9.17) is 4.74 Å². The topological polar surface area (TPSA) is 51.2 Å². The van der Waals surface area contributed by atoms with Gasteiger partial charge in [0.1, 0.15) is 5.82 Å². The number of carbonyl (C=O) groups is 1. The molecule has 0 spiro atoms. The van der Waals surface area contributed by atoms with Crippen molar-refractivity contribution in [2.24, 2.45) is 5.92 Å². The molecular weight excluding hydrogens is 216 g/mol. The second-order valence-corrected chi connectivity index (χ2v) is 4.33. The Morgan fingerprint density at radius 1 is 1.41 bits per heavy atom. The van der Waals surface area contributed by atoms with Crippen LogP contribution in [0.3, 0.4) is 0 Å². The molecule has 0 aliphatic heterocycles. The first-order valence-electron chi connectivity index (χ1n) is 5.94. The highest BCUT2D eigenvalue weighted by Gasteiger charge is 2.09. The summed E-state index contributed by atoms with van der Waals surface area (Å²) < 4.78 is 4.89. The second kappa shape index (κ2) is 6.23. The average Bonchev–Trinajstić information content (AvgIpc) is 2.30. The summed E-state index contributed by atoms with van der Waals surface area (Å²) in [7, 11) is 0. The maximum Gasteiger partial charge on any atom is 0.339 e. The highest BCUT2D eigenvalue weighted by atomic mass is 16.5. The maximum absolute atomic E-state index is 11.4. The first-order chi connectivity index (χ1) is 8.04. The van der Waals surface area contributed by atoms with E-state index in [1.165, 1.54) is 6.20 Å². The van der Waals surface area contributed by atoms with Gasteiger partial charge in [-0.15, -0.1) is 0 Å². The van der Waals surface area contributed by atoms with Gasteiger partial charge in [0.2, 0.25) is 0 Å². The number of esters is 1. The van der Waals surface area contributed by atoms with Crippen LogP contribution in [0.15, 0.2) is 18.3 Å². The van der Waals surface area contributed by atoms with E-state index < -0.39 is 0 Å². The van der Waals surface area contributed by atoms with Crippen molar-refractivity contribution in [1.29, 1.82) is 0 Å². The largest absolute Gasteiger partial charge is 0.462 e. The van der Waals surface area contributed by atoms with Gasteiger partial charge in [-0.05, 0) is 31.9 Å². The summed E-state index contributed by atoms with van der Waals surface area (Å²) in [5, 5.41) is 3.28. The summed E-state index contributed by atoms with van der Waals surface area (Å²) in [6, 6.07) is 3.86. The molecule has 1 aromatic rings. The zero-order valence-corrected chi connectivity index (χ0v) is 10.9. The Balaban J connectivity index is 2.65. The SMILES string of the molecule is CCOC(=O)c1ccc(NC(C)C(C)C)nc1. The number of pyridine rings is 1. The Morgan fingerprint density at radius 2 is 2.12 bits per heavy atom. The third-order valence-corrected chi connectivity index (χ3v) is 2.65. The summed E-state index contributed by atoms with van der Waals surface area (Å²) in [6.07, 6.45) is 1.54. The molecule has 1 heterocycles. The summed E-state index contributed by atoms with van der Waals surface area (Å²) in [5.74, 6) is 0.976. The molecule has 94 valence electrons. The Bertz CT molecular complexity index is 360. The van der Waals surface area contributed by atoms with Crippen molar-refractivity contribution in [2.75, 3.05) is 11.9 Å². The van der Waals surface area contributed by atoms with Crippen LogP contribution in [0.2, 0.25) is 0 Å². The van der Waals surface area contributed by atoms with Crippen molar-refractivity contribution in [3.8, 4) is 0 Å². The number of aromatic nitrogens is 1. The summed E-state index contributed by atoms with van der Waals surface area (Å²) >= 11 is 0. The number of nitrogens with one attached hydrogen (secondary N) is 1. The molecule has 0 bridgehead atoms. The van der Waals surface area contributed by atoms with Crippen LogP contribution >= 0.6 is 0 Å². The Labute approximate surface area is 102 Å². The standard InChI is InChI=1S/C13H20N2O2/c1-5-17-13(16)11-6-7-12(14-8-11)15-10(4)9(2)3/h6-10H,5H2,1-4H3,(H,14,15). The summed E-state index contributed by atoms with van der Waals surface area (Å²) in [5.41, 5.74) is 0.481. The third-order valence-electron chi connectivity index (χ3n) is 2.65. The Morgan fingerprint density at radius 3 is 2.59 bits per heavy atom. The molecule has 0 fully saturated rings. The zero-order chi connectivity index (χ0) is 12.8. The molecule has 0 aliphatic carbocycles. The number of hydrogen-bond donors (Lipinski definition) is 1. The van der Waals surface area contributed by atoms with E-state index in [-0.39, 0.29) is 5.97 Å². The molecule has 1 atom stereocenters. The van der Waals surface area contributed by atoms with E-state index in [2.05, 4.69) is 31.1 Å². The first-order valence-corrected chi connectivity index (χ1v) is 5.94. The van der Waals surface area contributed by atoms with Gasteiger partial charge in [0.05, 0.1) is 12.2 Å². The van der Waals surface area contributed by atoms with Crippen LogP contribution in [0.5, 0.6) is 0 Å². The van der Waals surface area contributed by atoms with Crippen molar-refractivity contribution in [2.45, 2.75) is 33.7 Å². The van der Waals surface area contributed by atoms with Crippen LogP contribution in [0, 0.1) is 5.92 Å². The minimum Gasteiger partial charge on any atom is -0.462 e. The van der Waals surface area contributed by atoms with Crippen molar-refractivity contribution in [3.05, 3.63) is 23.9 Å². The molecule has 1 unspecified atom stereocenters. The predicted molar refractivity (Wildman–Crippen MR) is 68.1 cm³/mol. The number of hydrogen-bond acceptors (Lipinski definition) is 4. The van der Waals surface area contributed by atoms with Gasteiger partial charge in [0.15, 0.2) is 0 Å². The Hall–Kier alpha value is -1.58. The quantitative estimate of drug-likeness (QED) is 0.799. The molecule has 0 saturated heterocycles. The fourth-order valence-corrected chi connectivity index (χ4v) is 1.21. The summed E-state index contributed by atoms with van der Waals surface area (Å²) in [6.45, 7) is 8.55. The smallest absolute Gasteiger partial charge is 0.339 e. The van der Waals surface area contributed by atoms with Crippen LogP contribution in [-0.2, 0) is 4.74 Å². The van der Waals surface area contributed by atoms with Crippen LogP contribution in [0.4, 0.5) is 5.82 Å². The number of carbonyl (C=O) groups excluding carboxylic acids is 1. The minimum absolute atomic E-state index is 0.330. The third kappa shape index (κ3) is 4.06. The molecule has 0 saturated carbocycles. The normalized spacial score (nSPS) is 12.3. The fraction of sp³-hybridized carbons (Fsp3) is 0.538. The van der Waals surface area contributed by atoms with E-state index in [9.17, 15) is 4.79 Å². The van der Waals surface area contributed by atoms with Crippen LogP contribution in [0.25, 0.3) is 0 Å². The first kappa shape index (κ1) is 13.5. The number of rotatable bonds is 5. The molecule has 0 aliphatic rings. The fourth-order valence-electron chi connectivity index (χ4n) is 1.21. The van der Waals surface area contributed by atoms with E-state index in [1.807, 2.05) is 0 Å². The molecule has 1 aromatic heterocycles. The molecule has 0 radical (unpaired) electrons. The molecular formula is C13H20N2O2. The lowest BCUT2D eigenvalue weighted by Crippen LogP contribution is -2.22. The lowest BCUT2D eigenvalue weighted by atomic mass is 10.1. The molecule has 4 nitrogen and oxygen atoms in total. The van der Waals surface area contributed by atoms with Gasteiger partial charge in [-0.1, -0.05) is 13.8 Å². The van der Waals surface area contributed by atoms with E-state index in [0.29, 0.717) is 24.1 Å². The van der Waals surface area contributed by atoms with Gasteiger partial charge in [-0.25, -0.2) is 9.78 Å². The molecule has 0 aromatic carbocycles. The second-order valence-electron chi connectivity index (χ2n) is 4.33. The lowest BCUT2D eigenvalue weighted by molar-refractivity contribution is 0.0526. The van der Waals surface area contributed by atoms with Gasteiger partial charge < -0.3 is 10.1 Å². The molecule has 1 rings (SSSR count). The highest BCUT2D eigenvalue weighted by molar-refractivity contribution is 5.89. The number of ether oxygens (including phenoxy) is 1. The van der Waals surface area contributed by atoms with E-state index in [1.54, 1.807) is 19.1 Å². The van der Waals surface area contributed by atoms with Crippen LogP contribution in [0.1, 0.15) is 38.1 Å². The van der Waals surface area contributed by atoms with E-state index >= 15 is 0 Å². The zero-order valence-electron chi connectivity index (χ0n) is 10.9. The minimum atomic E-state index is -0.330. The monoisotopic (exact) mass is 236 g/mol. The Kier molecular flexibility index (Phi) is 4.94. The highest BCUT2D eigenvalue weighted by Crippen LogP contribution is 2.11. The van der Waals surface area contributed by atoms with Gasteiger partial charge >= 0.3 is 5.97 Å². The summed E-state index contributed by atoms with van der Waals surface area (Å²) in [4.78, 5) is 15.6.